The Bertz CT molecular complexity index is 1200. The summed E-state index contributed by atoms with van der Waals surface area (Å²) in [6, 6.07) is 13.8. The van der Waals surface area contributed by atoms with E-state index in [0.717, 1.165) is 65.4 Å². The van der Waals surface area contributed by atoms with Gasteiger partial charge >= 0.3 is 0 Å². The number of benzene rings is 2. The van der Waals surface area contributed by atoms with Crippen molar-refractivity contribution in [3.8, 4) is 5.75 Å². The van der Waals surface area contributed by atoms with Crippen molar-refractivity contribution in [3.05, 3.63) is 64.3 Å². The zero-order chi connectivity index (χ0) is 23.9. The maximum absolute atomic E-state index is 13.0. The van der Waals surface area contributed by atoms with E-state index in [2.05, 4.69) is 22.0 Å². The molecule has 34 heavy (non-hydrogen) atoms. The summed E-state index contributed by atoms with van der Waals surface area (Å²) in [6.45, 7) is 5.09. The van der Waals surface area contributed by atoms with E-state index in [1.807, 2.05) is 42.2 Å². The van der Waals surface area contributed by atoms with Gasteiger partial charge in [-0.3, -0.25) is 9.69 Å². The summed E-state index contributed by atoms with van der Waals surface area (Å²) < 4.78 is 5.45. The summed E-state index contributed by atoms with van der Waals surface area (Å²) in [5.74, 6) is 0.871. The Balaban J connectivity index is 1.53. The molecule has 1 atom stereocenters. The predicted octanol–water partition coefficient (Wildman–Crippen LogP) is 4.65. The van der Waals surface area contributed by atoms with Crippen LogP contribution in [-0.2, 0) is 16.8 Å². The van der Waals surface area contributed by atoms with Gasteiger partial charge in [-0.25, -0.2) is 0 Å². The maximum atomic E-state index is 13.0. The molecule has 5 rings (SSSR count). The molecule has 1 fully saturated rings. The quantitative estimate of drug-likeness (QED) is 0.556. The number of likely N-dealkylation sites (tertiary alicyclic amines) is 1. The third kappa shape index (κ3) is 3.88. The Morgan fingerprint density at radius 3 is 2.68 bits per heavy atom. The summed E-state index contributed by atoms with van der Waals surface area (Å²) in [5.41, 5.74) is 4.22. The lowest BCUT2D eigenvalue weighted by Crippen LogP contribution is -2.55. The monoisotopic (exact) mass is 481 g/mol. The van der Waals surface area contributed by atoms with Gasteiger partial charge in [-0.1, -0.05) is 36.7 Å². The topological polar surface area (TPSA) is 68.8 Å². The summed E-state index contributed by atoms with van der Waals surface area (Å²) in [6.07, 6.45) is 2.30. The van der Waals surface area contributed by atoms with Gasteiger partial charge in [-0.15, -0.1) is 0 Å². The van der Waals surface area contributed by atoms with E-state index < -0.39 is 0 Å². The number of nitrogens with zero attached hydrogens (tertiary/aromatic N) is 2. The molecule has 0 radical (unpaired) electrons. The summed E-state index contributed by atoms with van der Waals surface area (Å²) in [7, 11) is 1.67. The van der Waals surface area contributed by atoms with E-state index >= 15 is 0 Å². The van der Waals surface area contributed by atoms with E-state index in [-0.39, 0.29) is 24.0 Å². The standard InChI is InChI=1S/C27H32ClN3O3/c1-3-24(33)31-17-27(10-12-30(13-11-27)15-18-6-4-5-7-21(18)28)25-20-9-8-19(34-2)14-22(20)29-26(25)23(31)16-32/h4-9,14,23,29,32H,3,10-13,15-17H2,1-2H3/t23-/m1/s1. The largest absolute Gasteiger partial charge is 0.497 e. The second kappa shape index (κ2) is 9.25. The molecular formula is C27H32ClN3O3. The number of aliphatic hydroxyl groups is 1. The molecule has 2 aliphatic heterocycles. The van der Waals surface area contributed by atoms with Gasteiger partial charge in [-0.05, 0) is 55.3 Å². The van der Waals surface area contributed by atoms with Gasteiger partial charge in [0.15, 0.2) is 0 Å². The van der Waals surface area contributed by atoms with Crippen LogP contribution in [0.3, 0.4) is 0 Å². The van der Waals surface area contributed by atoms with Crippen molar-refractivity contribution in [2.24, 2.45) is 0 Å². The fourth-order valence-electron chi connectivity index (χ4n) is 5.89. The van der Waals surface area contributed by atoms with E-state index in [1.165, 1.54) is 5.56 Å². The smallest absolute Gasteiger partial charge is 0.222 e. The first kappa shape index (κ1) is 23.2. The molecule has 1 spiro atoms. The molecular weight excluding hydrogens is 450 g/mol. The number of fused-ring (bicyclic) bond motifs is 4. The number of aromatic nitrogens is 1. The van der Waals surface area contributed by atoms with Crippen LogP contribution < -0.4 is 4.74 Å². The summed E-state index contributed by atoms with van der Waals surface area (Å²) >= 11 is 6.42. The molecule has 7 heteroatoms. The lowest BCUT2D eigenvalue weighted by molar-refractivity contribution is -0.137. The Hall–Kier alpha value is -2.54. The number of rotatable bonds is 5. The highest BCUT2D eigenvalue weighted by molar-refractivity contribution is 6.31. The Labute approximate surface area is 205 Å². The minimum atomic E-state index is -0.354. The number of amides is 1. The number of ether oxygens (including phenoxy) is 1. The van der Waals surface area contributed by atoms with Gasteiger partial charge < -0.3 is 19.7 Å². The van der Waals surface area contributed by atoms with Crippen LogP contribution in [0, 0.1) is 0 Å². The van der Waals surface area contributed by atoms with Gasteiger partial charge in [0.25, 0.3) is 0 Å². The fourth-order valence-corrected chi connectivity index (χ4v) is 6.08. The average molecular weight is 482 g/mol. The number of H-pyrrole nitrogens is 1. The lowest BCUT2D eigenvalue weighted by atomic mass is 9.68. The van der Waals surface area contributed by atoms with E-state index in [1.54, 1.807) is 7.11 Å². The van der Waals surface area contributed by atoms with Crippen molar-refractivity contribution in [3.63, 3.8) is 0 Å². The number of nitrogens with one attached hydrogen (secondary N) is 1. The van der Waals surface area contributed by atoms with Gasteiger partial charge in [0.05, 0.1) is 19.8 Å². The second-order valence-corrected chi connectivity index (χ2v) is 9.95. The molecule has 3 aromatic rings. The molecule has 1 amide bonds. The zero-order valence-electron chi connectivity index (χ0n) is 19.8. The van der Waals surface area contributed by atoms with Gasteiger partial charge in [0.2, 0.25) is 5.91 Å². The highest BCUT2D eigenvalue weighted by atomic mass is 35.5. The number of halogens is 1. The maximum Gasteiger partial charge on any atom is 0.222 e. The number of hydrogen-bond donors (Lipinski definition) is 2. The van der Waals surface area contributed by atoms with Crippen LogP contribution in [0.4, 0.5) is 0 Å². The van der Waals surface area contributed by atoms with E-state index in [9.17, 15) is 9.90 Å². The average Bonchev–Trinajstić information content (AvgIpc) is 3.25. The SMILES string of the molecule is CCC(=O)N1CC2(CCN(Cc3ccccc3Cl)CC2)c2c([nH]c3cc(OC)ccc23)[C@H]1CO. The van der Waals surface area contributed by atoms with Crippen molar-refractivity contribution in [2.45, 2.75) is 44.2 Å². The van der Waals surface area contributed by atoms with Crippen LogP contribution in [0.5, 0.6) is 5.75 Å². The van der Waals surface area contributed by atoms with Crippen molar-refractivity contribution < 1.29 is 14.6 Å². The molecule has 0 saturated carbocycles. The minimum Gasteiger partial charge on any atom is -0.497 e. The molecule has 1 saturated heterocycles. The van der Waals surface area contributed by atoms with Crippen molar-refractivity contribution in [1.82, 2.24) is 14.8 Å². The van der Waals surface area contributed by atoms with Crippen LogP contribution in [0.25, 0.3) is 10.9 Å². The highest BCUT2D eigenvalue weighted by Gasteiger charge is 2.48. The fraction of sp³-hybridized carbons (Fsp3) is 0.444. The third-order valence-corrected chi connectivity index (χ3v) is 8.08. The van der Waals surface area contributed by atoms with Crippen LogP contribution >= 0.6 is 11.6 Å². The van der Waals surface area contributed by atoms with Crippen molar-refractivity contribution in [1.29, 1.82) is 0 Å². The van der Waals surface area contributed by atoms with Crippen LogP contribution in [0.1, 0.15) is 49.0 Å². The van der Waals surface area contributed by atoms with E-state index in [4.69, 9.17) is 16.3 Å². The molecule has 0 unspecified atom stereocenters. The van der Waals surface area contributed by atoms with Gasteiger partial charge in [0, 0.05) is 52.6 Å². The Kier molecular flexibility index (Phi) is 6.32. The minimum absolute atomic E-state index is 0.0822. The van der Waals surface area contributed by atoms with Crippen LogP contribution in [0.2, 0.25) is 5.02 Å². The number of carbonyl (C=O) groups excluding carboxylic acids is 1. The summed E-state index contributed by atoms with van der Waals surface area (Å²) in [4.78, 5) is 20.9. The molecule has 2 aliphatic rings. The molecule has 3 heterocycles. The number of piperidine rings is 1. The third-order valence-electron chi connectivity index (χ3n) is 7.71. The Morgan fingerprint density at radius 2 is 2.00 bits per heavy atom. The first-order valence-corrected chi connectivity index (χ1v) is 12.4. The predicted molar refractivity (Wildman–Crippen MR) is 134 cm³/mol. The van der Waals surface area contributed by atoms with Crippen LogP contribution in [0.15, 0.2) is 42.5 Å². The van der Waals surface area contributed by atoms with Gasteiger partial charge in [-0.2, -0.15) is 0 Å². The molecule has 2 N–H and O–H groups in total. The molecule has 180 valence electrons. The van der Waals surface area contributed by atoms with Crippen molar-refractivity contribution >= 4 is 28.4 Å². The number of methoxy groups -OCH3 is 1. The molecule has 1 aromatic heterocycles. The lowest BCUT2D eigenvalue weighted by Gasteiger charge is -2.50. The normalized spacial score (nSPS) is 20.0. The molecule has 0 aliphatic carbocycles. The molecule has 6 nitrogen and oxygen atoms in total. The highest BCUT2D eigenvalue weighted by Crippen LogP contribution is 2.49. The number of aliphatic hydroxyl groups excluding tert-OH is 1. The first-order chi connectivity index (χ1) is 16.5. The zero-order valence-corrected chi connectivity index (χ0v) is 20.6. The number of aromatic amines is 1. The number of carbonyl (C=O) groups is 1. The molecule has 0 bridgehead atoms. The summed E-state index contributed by atoms with van der Waals surface area (Å²) in [5, 5.41) is 12.3. The van der Waals surface area contributed by atoms with Crippen LogP contribution in [-0.4, -0.2) is 59.1 Å². The van der Waals surface area contributed by atoms with Gasteiger partial charge in [0.1, 0.15) is 5.75 Å². The Morgan fingerprint density at radius 1 is 1.24 bits per heavy atom. The van der Waals surface area contributed by atoms with Crippen molar-refractivity contribution in [2.75, 3.05) is 33.4 Å². The molecule has 2 aromatic carbocycles. The number of hydrogen-bond acceptors (Lipinski definition) is 4. The van der Waals surface area contributed by atoms with E-state index in [0.29, 0.717) is 13.0 Å². The first-order valence-electron chi connectivity index (χ1n) is 12.1. The second-order valence-electron chi connectivity index (χ2n) is 9.55.